The molecule has 104 valence electrons. The van der Waals surface area contributed by atoms with Gasteiger partial charge in [0.15, 0.2) is 5.78 Å². The number of rotatable bonds is 7. The molecule has 0 aliphatic carbocycles. The molecule has 0 fully saturated rings. The van der Waals surface area contributed by atoms with Gasteiger partial charge in [0.05, 0.1) is 0 Å². The van der Waals surface area contributed by atoms with Crippen LogP contribution in [0.4, 0.5) is 0 Å². The molecule has 0 spiro atoms. The summed E-state index contributed by atoms with van der Waals surface area (Å²) in [5.41, 5.74) is 0.800. The zero-order valence-electron chi connectivity index (χ0n) is 11.4. The van der Waals surface area contributed by atoms with Gasteiger partial charge in [0.2, 0.25) is 5.91 Å². The molecule has 1 rings (SSSR count). The monoisotopic (exact) mass is 281 g/mol. The fraction of sp³-hybridized carbons (Fsp3) is 0.467. The van der Waals surface area contributed by atoms with E-state index in [1.807, 2.05) is 44.2 Å². The Bertz CT molecular complexity index is 419. The molecule has 3 nitrogen and oxygen atoms in total. The molecule has 1 aromatic carbocycles. The summed E-state index contributed by atoms with van der Waals surface area (Å²) in [6, 6.07) is 8.67. The summed E-state index contributed by atoms with van der Waals surface area (Å²) in [6.45, 7) is 4.08. The van der Waals surface area contributed by atoms with E-state index in [1.54, 1.807) is 0 Å². The zero-order chi connectivity index (χ0) is 14.3. The average molecular weight is 282 g/mol. The highest BCUT2D eigenvalue weighted by molar-refractivity contribution is 6.27. The molecule has 0 heterocycles. The number of ketones is 1. The van der Waals surface area contributed by atoms with Crippen molar-refractivity contribution in [1.82, 2.24) is 5.32 Å². The quantitative estimate of drug-likeness (QED) is 0.781. The van der Waals surface area contributed by atoms with Crippen molar-refractivity contribution < 1.29 is 9.59 Å². The van der Waals surface area contributed by atoms with Gasteiger partial charge in [-0.2, -0.15) is 0 Å². The van der Waals surface area contributed by atoms with Gasteiger partial charge >= 0.3 is 0 Å². The lowest BCUT2D eigenvalue weighted by Gasteiger charge is -2.19. The van der Waals surface area contributed by atoms with Gasteiger partial charge in [-0.1, -0.05) is 50.6 Å². The minimum atomic E-state index is -0.596. The van der Waals surface area contributed by atoms with E-state index in [2.05, 4.69) is 5.32 Å². The molecule has 0 saturated heterocycles. The molecular weight excluding hydrogens is 262 g/mol. The first-order valence-corrected chi connectivity index (χ1v) is 7.04. The van der Waals surface area contributed by atoms with E-state index in [-0.39, 0.29) is 17.6 Å². The van der Waals surface area contributed by atoms with Crippen molar-refractivity contribution in [3.63, 3.8) is 0 Å². The van der Waals surface area contributed by atoms with Crippen LogP contribution in [0.5, 0.6) is 0 Å². The highest BCUT2D eigenvalue weighted by Crippen LogP contribution is 2.19. The van der Waals surface area contributed by atoms with Gasteiger partial charge < -0.3 is 5.32 Å². The van der Waals surface area contributed by atoms with Gasteiger partial charge in [-0.25, -0.2) is 0 Å². The van der Waals surface area contributed by atoms with Crippen LogP contribution in [0, 0.1) is 5.92 Å². The number of carbonyl (C=O) groups is 2. The highest BCUT2D eigenvalue weighted by Gasteiger charge is 2.23. The smallest absolute Gasteiger partial charge is 0.235 e. The second-order valence-electron chi connectivity index (χ2n) is 4.73. The number of alkyl halides is 1. The van der Waals surface area contributed by atoms with Crippen molar-refractivity contribution in [1.29, 1.82) is 0 Å². The van der Waals surface area contributed by atoms with Gasteiger partial charge in [0.25, 0.3) is 0 Å². The van der Waals surface area contributed by atoms with Crippen molar-refractivity contribution in [2.24, 2.45) is 5.92 Å². The summed E-state index contributed by atoms with van der Waals surface area (Å²) < 4.78 is 0. The van der Waals surface area contributed by atoms with Gasteiger partial charge in [0, 0.05) is 6.42 Å². The summed E-state index contributed by atoms with van der Waals surface area (Å²) in [6.07, 6.45) is 1.40. The Kier molecular flexibility index (Phi) is 6.57. The summed E-state index contributed by atoms with van der Waals surface area (Å²) in [4.78, 5) is 23.8. The third kappa shape index (κ3) is 5.03. The molecule has 0 aliphatic rings. The molecule has 0 bridgehead atoms. The maximum atomic E-state index is 12.3. The molecule has 4 heteroatoms. The number of nitrogens with one attached hydrogen (secondary N) is 1. The predicted octanol–water partition coefficient (Wildman–Crippen LogP) is 3.09. The first-order valence-electron chi connectivity index (χ1n) is 6.51. The van der Waals surface area contributed by atoms with Crippen LogP contribution in [-0.4, -0.2) is 17.6 Å². The number of Topliss-reactive ketones (excluding diaryl/α,β-unsaturated/α-hetero) is 1. The normalized spacial score (nSPS) is 13.6. The fourth-order valence-electron chi connectivity index (χ4n) is 1.80. The number of benzene rings is 1. The standard InChI is InChI=1S/C15H20ClNO2/c1-3-11(2)9-13(18)15(17-14(19)10-16)12-7-5-4-6-8-12/h4-8,11,15H,3,9-10H2,1-2H3,(H,17,19). The predicted molar refractivity (Wildman–Crippen MR) is 77.1 cm³/mol. The van der Waals surface area contributed by atoms with Crippen LogP contribution >= 0.6 is 11.6 Å². The van der Waals surface area contributed by atoms with E-state index in [4.69, 9.17) is 11.6 Å². The van der Waals surface area contributed by atoms with E-state index >= 15 is 0 Å². The maximum Gasteiger partial charge on any atom is 0.235 e. The highest BCUT2D eigenvalue weighted by atomic mass is 35.5. The molecule has 0 aromatic heterocycles. The van der Waals surface area contributed by atoms with Crippen LogP contribution in [0.15, 0.2) is 30.3 Å². The Morgan fingerprint density at radius 3 is 2.42 bits per heavy atom. The van der Waals surface area contributed by atoms with Gasteiger partial charge in [-0.3, -0.25) is 9.59 Å². The largest absolute Gasteiger partial charge is 0.341 e. The van der Waals surface area contributed by atoms with Gasteiger partial charge in [0.1, 0.15) is 11.9 Å². The van der Waals surface area contributed by atoms with Crippen LogP contribution in [-0.2, 0) is 9.59 Å². The molecular formula is C15H20ClNO2. The second kappa shape index (κ2) is 7.95. The lowest BCUT2D eigenvalue weighted by atomic mass is 9.94. The summed E-state index contributed by atoms with van der Waals surface area (Å²) in [5.74, 6) is -0.126. The number of carbonyl (C=O) groups excluding carboxylic acids is 2. The minimum Gasteiger partial charge on any atom is -0.341 e. The first kappa shape index (κ1) is 15.7. The minimum absolute atomic E-state index is 0.0269. The van der Waals surface area contributed by atoms with Crippen molar-refractivity contribution in [2.45, 2.75) is 32.7 Å². The van der Waals surface area contributed by atoms with Crippen LogP contribution < -0.4 is 5.32 Å². The van der Waals surface area contributed by atoms with Crippen LogP contribution in [0.25, 0.3) is 0 Å². The molecule has 0 radical (unpaired) electrons. The zero-order valence-corrected chi connectivity index (χ0v) is 12.1. The Hall–Kier alpha value is -1.35. The van der Waals surface area contributed by atoms with E-state index in [0.29, 0.717) is 12.3 Å². The number of hydrogen-bond acceptors (Lipinski definition) is 2. The van der Waals surface area contributed by atoms with Crippen molar-refractivity contribution in [3.05, 3.63) is 35.9 Å². The van der Waals surface area contributed by atoms with E-state index < -0.39 is 6.04 Å². The van der Waals surface area contributed by atoms with E-state index in [0.717, 1.165) is 12.0 Å². The number of hydrogen-bond donors (Lipinski definition) is 1. The Morgan fingerprint density at radius 2 is 1.89 bits per heavy atom. The average Bonchev–Trinajstić information content (AvgIpc) is 2.44. The topological polar surface area (TPSA) is 46.2 Å². The first-order chi connectivity index (χ1) is 9.08. The lowest BCUT2D eigenvalue weighted by molar-refractivity contribution is -0.127. The second-order valence-corrected chi connectivity index (χ2v) is 5.00. The molecule has 1 aromatic rings. The Balaban J connectivity index is 2.86. The molecule has 19 heavy (non-hydrogen) atoms. The molecule has 0 aliphatic heterocycles. The van der Waals surface area contributed by atoms with Gasteiger partial charge in [-0.05, 0) is 11.5 Å². The Morgan fingerprint density at radius 1 is 1.26 bits per heavy atom. The lowest BCUT2D eigenvalue weighted by Crippen LogP contribution is -2.35. The Labute approximate surface area is 119 Å². The molecule has 1 amide bonds. The maximum absolute atomic E-state index is 12.3. The summed E-state index contributed by atoms with van der Waals surface area (Å²) in [5, 5.41) is 2.69. The number of amides is 1. The number of halogens is 1. The molecule has 1 N–H and O–H groups in total. The molecule has 0 saturated carbocycles. The van der Waals surface area contributed by atoms with Crippen LogP contribution in [0.1, 0.15) is 38.3 Å². The van der Waals surface area contributed by atoms with E-state index in [1.165, 1.54) is 0 Å². The molecule has 2 atom stereocenters. The fourth-order valence-corrected chi connectivity index (χ4v) is 1.88. The SMILES string of the molecule is CCC(C)CC(=O)C(NC(=O)CCl)c1ccccc1. The van der Waals surface area contributed by atoms with Crippen LogP contribution in [0.3, 0.4) is 0 Å². The third-order valence-electron chi connectivity index (χ3n) is 3.13. The third-order valence-corrected chi connectivity index (χ3v) is 3.37. The van der Waals surface area contributed by atoms with E-state index in [9.17, 15) is 9.59 Å². The van der Waals surface area contributed by atoms with Crippen molar-refractivity contribution >= 4 is 23.3 Å². The summed E-state index contributed by atoms with van der Waals surface area (Å²) in [7, 11) is 0. The summed E-state index contributed by atoms with van der Waals surface area (Å²) >= 11 is 5.50. The molecule has 2 unspecified atom stereocenters. The van der Waals surface area contributed by atoms with Crippen LogP contribution in [0.2, 0.25) is 0 Å². The van der Waals surface area contributed by atoms with Gasteiger partial charge in [-0.15, -0.1) is 11.6 Å². The van der Waals surface area contributed by atoms with Crippen molar-refractivity contribution in [3.8, 4) is 0 Å². The van der Waals surface area contributed by atoms with Crippen molar-refractivity contribution in [2.75, 3.05) is 5.88 Å².